The maximum absolute atomic E-state index is 13.3. The maximum atomic E-state index is 13.3. The molecule has 18 heavy (non-hydrogen) atoms. The van der Waals surface area contributed by atoms with Crippen molar-refractivity contribution in [1.29, 1.82) is 0 Å². The highest BCUT2D eigenvalue weighted by Gasteiger charge is 2.20. The van der Waals surface area contributed by atoms with Gasteiger partial charge < -0.3 is 15.3 Å². The lowest BCUT2D eigenvalue weighted by Gasteiger charge is -2.25. The normalized spacial score (nSPS) is 11.2. The number of likely N-dealkylation sites (N-methyl/N-ethyl adjacent to an activating group) is 1. The van der Waals surface area contributed by atoms with E-state index in [1.807, 2.05) is 0 Å². The smallest absolute Gasteiger partial charge is 0.321 e. The van der Waals surface area contributed by atoms with Crippen molar-refractivity contribution in [1.82, 2.24) is 4.90 Å². The monoisotopic (exact) mass is 258 g/mol. The van der Waals surface area contributed by atoms with Crippen molar-refractivity contribution in [3.05, 3.63) is 29.8 Å². The number of benzene rings is 1. The van der Waals surface area contributed by atoms with E-state index in [-0.39, 0.29) is 12.2 Å². The summed E-state index contributed by atoms with van der Waals surface area (Å²) in [7, 11) is 1.45. The average Bonchev–Trinajstić information content (AvgIpc) is 2.22. The van der Waals surface area contributed by atoms with E-state index in [0.29, 0.717) is 0 Å². The molecule has 1 aromatic carbocycles. The minimum Gasteiger partial charge on any atom is -0.389 e. The van der Waals surface area contributed by atoms with Crippen LogP contribution in [0.3, 0.4) is 0 Å². The number of anilines is 1. The number of urea groups is 1. The van der Waals surface area contributed by atoms with E-state index >= 15 is 0 Å². The molecular formula is C12H16F2N2O2. The number of carbonyl (C=O) groups is 1. The zero-order valence-electron chi connectivity index (χ0n) is 10.5. The average molecular weight is 258 g/mol. The molecule has 0 spiro atoms. The van der Waals surface area contributed by atoms with Crippen LogP contribution in [-0.4, -0.2) is 35.2 Å². The topological polar surface area (TPSA) is 52.6 Å². The Bertz CT molecular complexity index is 444. The second-order valence-electron chi connectivity index (χ2n) is 4.70. The molecule has 0 atom stereocenters. The van der Waals surface area contributed by atoms with Crippen LogP contribution in [-0.2, 0) is 0 Å². The highest BCUT2D eigenvalue weighted by Crippen LogP contribution is 2.17. The van der Waals surface area contributed by atoms with E-state index in [1.54, 1.807) is 13.8 Å². The van der Waals surface area contributed by atoms with Gasteiger partial charge in [-0.15, -0.1) is 0 Å². The van der Waals surface area contributed by atoms with Gasteiger partial charge in [-0.05, 0) is 26.0 Å². The van der Waals surface area contributed by atoms with Crippen LogP contribution in [0.5, 0.6) is 0 Å². The number of carbonyl (C=O) groups excluding carboxylic acids is 1. The third-order valence-electron chi connectivity index (χ3n) is 2.16. The minimum atomic E-state index is -1.11. The Morgan fingerprint density at radius 1 is 1.44 bits per heavy atom. The van der Waals surface area contributed by atoms with Crippen molar-refractivity contribution < 1.29 is 18.7 Å². The molecule has 0 heterocycles. The summed E-state index contributed by atoms with van der Waals surface area (Å²) in [4.78, 5) is 12.9. The van der Waals surface area contributed by atoms with E-state index in [1.165, 1.54) is 24.1 Å². The molecule has 2 N–H and O–H groups in total. The maximum Gasteiger partial charge on any atom is 0.321 e. The molecule has 0 unspecified atom stereocenters. The number of aliphatic hydroxyl groups is 1. The molecule has 100 valence electrons. The van der Waals surface area contributed by atoms with Crippen LogP contribution in [0.25, 0.3) is 0 Å². The number of hydrogen-bond acceptors (Lipinski definition) is 2. The predicted octanol–water partition coefficient (Wildman–Crippen LogP) is 2.20. The summed E-state index contributed by atoms with van der Waals surface area (Å²) in [6, 6.07) is 2.89. The summed E-state index contributed by atoms with van der Waals surface area (Å²) < 4.78 is 26.2. The van der Waals surface area contributed by atoms with E-state index in [4.69, 9.17) is 0 Å². The highest BCUT2D eigenvalue weighted by atomic mass is 19.2. The van der Waals surface area contributed by atoms with E-state index < -0.39 is 23.3 Å². The van der Waals surface area contributed by atoms with Crippen LogP contribution in [0.1, 0.15) is 13.8 Å². The van der Waals surface area contributed by atoms with Crippen molar-refractivity contribution >= 4 is 11.7 Å². The molecule has 0 saturated carbocycles. The van der Waals surface area contributed by atoms with Gasteiger partial charge in [0.1, 0.15) is 0 Å². The largest absolute Gasteiger partial charge is 0.389 e. The molecule has 4 nitrogen and oxygen atoms in total. The Kier molecular flexibility index (Phi) is 4.24. The predicted molar refractivity (Wildman–Crippen MR) is 64.3 cm³/mol. The Labute approximate surface area is 104 Å². The van der Waals surface area contributed by atoms with Crippen molar-refractivity contribution in [2.75, 3.05) is 18.9 Å². The van der Waals surface area contributed by atoms with E-state index in [9.17, 15) is 18.7 Å². The third kappa shape index (κ3) is 3.96. The van der Waals surface area contributed by atoms with Gasteiger partial charge in [-0.1, -0.05) is 6.07 Å². The molecule has 0 aliphatic carbocycles. The minimum absolute atomic E-state index is 0.0652. The lowest BCUT2D eigenvalue weighted by Crippen LogP contribution is -2.41. The first kappa shape index (κ1) is 14.4. The number of amides is 2. The summed E-state index contributed by atoms with van der Waals surface area (Å²) in [5, 5.41) is 11.8. The summed E-state index contributed by atoms with van der Waals surface area (Å²) in [5.74, 6) is -2.14. The Morgan fingerprint density at radius 3 is 2.61 bits per heavy atom. The third-order valence-corrected chi connectivity index (χ3v) is 2.16. The Morgan fingerprint density at radius 2 is 2.06 bits per heavy atom. The van der Waals surface area contributed by atoms with Gasteiger partial charge in [0.15, 0.2) is 11.6 Å². The second-order valence-corrected chi connectivity index (χ2v) is 4.70. The number of rotatable bonds is 3. The Hall–Kier alpha value is -1.69. The molecule has 6 heteroatoms. The number of hydrogen-bond donors (Lipinski definition) is 2. The van der Waals surface area contributed by atoms with E-state index in [2.05, 4.69) is 5.32 Å². The van der Waals surface area contributed by atoms with Gasteiger partial charge in [0, 0.05) is 7.05 Å². The fourth-order valence-electron chi connectivity index (χ4n) is 1.46. The van der Waals surface area contributed by atoms with Crippen molar-refractivity contribution in [3.63, 3.8) is 0 Å². The molecule has 0 aromatic heterocycles. The van der Waals surface area contributed by atoms with Crippen LogP contribution in [0.2, 0.25) is 0 Å². The molecule has 1 aromatic rings. The fraction of sp³-hybridized carbons (Fsp3) is 0.417. The first-order valence-electron chi connectivity index (χ1n) is 5.39. The molecule has 0 fully saturated rings. The van der Waals surface area contributed by atoms with Crippen LogP contribution in [0.4, 0.5) is 19.3 Å². The molecular weight excluding hydrogens is 242 g/mol. The van der Waals surface area contributed by atoms with Crippen LogP contribution in [0.15, 0.2) is 18.2 Å². The highest BCUT2D eigenvalue weighted by molar-refractivity contribution is 5.89. The van der Waals surface area contributed by atoms with Gasteiger partial charge in [-0.3, -0.25) is 0 Å². The first-order valence-corrected chi connectivity index (χ1v) is 5.39. The molecule has 1 rings (SSSR count). The lowest BCUT2D eigenvalue weighted by atomic mass is 10.1. The van der Waals surface area contributed by atoms with Gasteiger partial charge in [0.05, 0.1) is 17.8 Å². The van der Waals surface area contributed by atoms with Gasteiger partial charge in [-0.25, -0.2) is 13.6 Å². The molecule has 0 saturated heterocycles. The molecule has 0 aliphatic heterocycles. The quantitative estimate of drug-likeness (QED) is 0.873. The molecule has 0 aliphatic rings. The standard InChI is InChI=1S/C12H16F2N2O2/c1-12(2,18)7-16(3)11(17)15-9-6-4-5-8(13)10(9)14/h4-6,18H,7H2,1-3H3,(H,15,17). The van der Waals surface area contributed by atoms with Gasteiger partial charge in [0.25, 0.3) is 0 Å². The zero-order chi connectivity index (χ0) is 13.9. The summed E-state index contributed by atoms with van der Waals surface area (Å²) in [6.45, 7) is 3.15. The van der Waals surface area contributed by atoms with Crippen molar-refractivity contribution in [3.8, 4) is 0 Å². The molecule has 0 radical (unpaired) electrons. The SMILES string of the molecule is CN(CC(C)(C)O)C(=O)Nc1cccc(F)c1F. The van der Waals surface area contributed by atoms with Gasteiger partial charge in [0.2, 0.25) is 0 Å². The van der Waals surface area contributed by atoms with Crippen molar-refractivity contribution in [2.24, 2.45) is 0 Å². The zero-order valence-corrected chi connectivity index (χ0v) is 10.5. The fourth-order valence-corrected chi connectivity index (χ4v) is 1.46. The number of halogens is 2. The van der Waals surface area contributed by atoms with Crippen molar-refractivity contribution in [2.45, 2.75) is 19.4 Å². The number of nitrogens with zero attached hydrogens (tertiary/aromatic N) is 1. The number of nitrogens with one attached hydrogen (secondary N) is 1. The summed E-state index contributed by atoms with van der Waals surface area (Å²) in [6.07, 6.45) is 0. The van der Waals surface area contributed by atoms with Gasteiger partial charge in [-0.2, -0.15) is 0 Å². The lowest BCUT2D eigenvalue weighted by molar-refractivity contribution is 0.0550. The van der Waals surface area contributed by atoms with Crippen LogP contribution < -0.4 is 5.32 Å². The summed E-state index contributed by atoms with van der Waals surface area (Å²) >= 11 is 0. The van der Waals surface area contributed by atoms with Gasteiger partial charge >= 0.3 is 6.03 Å². The first-order chi connectivity index (χ1) is 8.20. The van der Waals surface area contributed by atoms with Crippen LogP contribution in [0, 0.1) is 11.6 Å². The molecule has 0 bridgehead atoms. The molecule has 2 amide bonds. The summed E-state index contributed by atoms with van der Waals surface area (Å²) in [5.41, 5.74) is -1.30. The van der Waals surface area contributed by atoms with E-state index in [0.717, 1.165) is 6.07 Å². The second kappa shape index (κ2) is 5.30. The Balaban J connectivity index is 2.73. The van der Waals surface area contributed by atoms with Crippen LogP contribution >= 0.6 is 0 Å².